The summed E-state index contributed by atoms with van der Waals surface area (Å²) in [6, 6.07) is 15.0. The van der Waals surface area contributed by atoms with Crippen molar-refractivity contribution in [2.24, 2.45) is 0 Å². The summed E-state index contributed by atoms with van der Waals surface area (Å²) in [7, 11) is 3.14. The Balaban J connectivity index is 2.40. The van der Waals surface area contributed by atoms with Gasteiger partial charge in [0.25, 0.3) is 0 Å². The number of rotatable bonds is 5. The second kappa shape index (κ2) is 6.00. The summed E-state index contributed by atoms with van der Waals surface area (Å²) in [6.07, 6.45) is 0. The number of Topliss-reactive ketones (excluding diaryl/α,β-unsaturated/α-hetero) is 1. The Hall–Kier alpha value is -2.29. The van der Waals surface area contributed by atoms with Crippen molar-refractivity contribution in [3.05, 3.63) is 59.7 Å². The van der Waals surface area contributed by atoms with Gasteiger partial charge >= 0.3 is 0 Å². The van der Waals surface area contributed by atoms with Crippen LogP contribution < -0.4 is 9.47 Å². The van der Waals surface area contributed by atoms with Gasteiger partial charge in [-0.2, -0.15) is 0 Å². The largest absolute Gasteiger partial charge is 0.493 e. The normalized spacial score (nSPS) is 11.0. The SMILES string of the molecule is COc1ccc(C(=O)C(C)(C)c2ccccc2)cc1OC. The van der Waals surface area contributed by atoms with Crippen LogP contribution in [0.25, 0.3) is 0 Å². The molecule has 110 valence electrons. The van der Waals surface area contributed by atoms with E-state index >= 15 is 0 Å². The summed E-state index contributed by atoms with van der Waals surface area (Å²) in [5, 5.41) is 0. The number of benzene rings is 2. The molecule has 0 aliphatic carbocycles. The number of hydrogen-bond donors (Lipinski definition) is 0. The smallest absolute Gasteiger partial charge is 0.172 e. The van der Waals surface area contributed by atoms with E-state index in [1.54, 1.807) is 32.4 Å². The zero-order valence-corrected chi connectivity index (χ0v) is 12.8. The van der Waals surface area contributed by atoms with Crippen LogP contribution in [-0.4, -0.2) is 20.0 Å². The van der Waals surface area contributed by atoms with E-state index in [1.165, 1.54) is 0 Å². The molecule has 0 atom stereocenters. The van der Waals surface area contributed by atoms with Crippen molar-refractivity contribution in [2.45, 2.75) is 19.3 Å². The Kier molecular flexibility index (Phi) is 4.32. The van der Waals surface area contributed by atoms with E-state index in [-0.39, 0.29) is 5.78 Å². The number of ether oxygens (including phenoxy) is 2. The van der Waals surface area contributed by atoms with Gasteiger partial charge < -0.3 is 9.47 Å². The predicted molar refractivity (Wildman–Crippen MR) is 83.3 cm³/mol. The van der Waals surface area contributed by atoms with Crippen LogP contribution in [-0.2, 0) is 5.41 Å². The highest BCUT2D eigenvalue weighted by Gasteiger charge is 2.30. The Bertz CT molecular complexity index is 630. The summed E-state index contributed by atoms with van der Waals surface area (Å²) in [6.45, 7) is 3.86. The maximum Gasteiger partial charge on any atom is 0.172 e. The van der Waals surface area contributed by atoms with Crippen LogP contribution in [0.3, 0.4) is 0 Å². The summed E-state index contributed by atoms with van der Waals surface area (Å²) in [4.78, 5) is 12.8. The second-order valence-electron chi connectivity index (χ2n) is 5.39. The molecule has 0 amide bonds. The third kappa shape index (κ3) is 2.92. The van der Waals surface area contributed by atoms with Crippen LogP contribution in [0.2, 0.25) is 0 Å². The maximum atomic E-state index is 12.8. The van der Waals surface area contributed by atoms with E-state index in [4.69, 9.17) is 9.47 Å². The number of ketones is 1. The van der Waals surface area contributed by atoms with Gasteiger partial charge in [0.2, 0.25) is 0 Å². The number of carbonyl (C=O) groups excluding carboxylic acids is 1. The molecule has 3 heteroatoms. The Morgan fingerprint density at radius 1 is 0.905 bits per heavy atom. The van der Waals surface area contributed by atoms with Crippen molar-refractivity contribution >= 4 is 5.78 Å². The number of methoxy groups -OCH3 is 2. The Morgan fingerprint density at radius 2 is 1.52 bits per heavy atom. The first-order chi connectivity index (χ1) is 10.0. The fourth-order valence-electron chi connectivity index (χ4n) is 2.32. The fourth-order valence-corrected chi connectivity index (χ4v) is 2.32. The summed E-state index contributed by atoms with van der Waals surface area (Å²) in [5.74, 6) is 1.23. The molecule has 2 aromatic carbocycles. The van der Waals surface area contributed by atoms with Gasteiger partial charge in [-0.05, 0) is 37.6 Å². The standard InChI is InChI=1S/C18H20O3/c1-18(2,14-8-6-5-7-9-14)17(19)13-10-11-15(20-3)16(12-13)21-4/h5-12H,1-4H3. The minimum atomic E-state index is -0.596. The molecule has 0 saturated heterocycles. The lowest BCUT2D eigenvalue weighted by Gasteiger charge is -2.24. The van der Waals surface area contributed by atoms with Gasteiger partial charge in [0.1, 0.15) is 0 Å². The highest BCUT2D eigenvalue weighted by molar-refractivity contribution is 6.04. The first kappa shape index (κ1) is 15.1. The van der Waals surface area contributed by atoms with Crippen molar-refractivity contribution < 1.29 is 14.3 Å². The third-order valence-electron chi connectivity index (χ3n) is 3.71. The van der Waals surface area contributed by atoms with E-state index in [0.29, 0.717) is 17.1 Å². The molecule has 0 aromatic heterocycles. The molecule has 3 nitrogen and oxygen atoms in total. The Morgan fingerprint density at radius 3 is 2.10 bits per heavy atom. The molecule has 2 rings (SSSR count). The van der Waals surface area contributed by atoms with Crippen LogP contribution in [0.15, 0.2) is 48.5 Å². The molecular formula is C18H20O3. The molecule has 0 fully saturated rings. The summed E-state index contributed by atoms with van der Waals surface area (Å²) >= 11 is 0. The predicted octanol–water partition coefficient (Wildman–Crippen LogP) is 3.86. The van der Waals surface area contributed by atoms with Crippen LogP contribution in [0.1, 0.15) is 29.8 Å². The molecule has 0 bridgehead atoms. The zero-order valence-electron chi connectivity index (χ0n) is 12.8. The second-order valence-corrected chi connectivity index (χ2v) is 5.39. The molecule has 2 aromatic rings. The number of carbonyl (C=O) groups is 1. The third-order valence-corrected chi connectivity index (χ3v) is 3.71. The van der Waals surface area contributed by atoms with Gasteiger partial charge in [-0.3, -0.25) is 4.79 Å². The van der Waals surface area contributed by atoms with Gasteiger partial charge in [-0.1, -0.05) is 30.3 Å². The summed E-state index contributed by atoms with van der Waals surface area (Å²) < 4.78 is 10.5. The van der Waals surface area contributed by atoms with Crippen molar-refractivity contribution in [1.82, 2.24) is 0 Å². The van der Waals surface area contributed by atoms with Gasteiger partial charge in [0, 0.05) is 5.56 Å². The van der Waals surface area contributed by atoms with E-state index in [2.05, 4.69) is 0 Å². The van der Waals surface area contributed by atoms with Crippen LogP contribution >= 0.6 is 0 Å². The minimum absolute atomic E-state index is 0.0506. The first-order valence-corrected chi connectivity index (χ1v) is 6.83. The molecule has 0 aliphatic heterocycles. The lowest BCUT2D eigenvalue weighted by atomic mass is 9.78. The van der Waals surface area contributed by atoms with E-state index in [9.17, 15) is 4.79 Å². The quantitative estimate of drug-likeness (QED) is 0.782. The van der Waals surface area contributed by atoms with Crippen molar-refractivity contribution in [3.8, 4) is 11.5 Å². The average Bonchev–Trinajstić information content (AvgIpc) is 2.54. The van der Waals surface area contributed by atoms with Gasteiger partial charge in [-0.15, -0.1) is 0 Å². The molecule has 0 aliphatic rings. The van der Waals surface area contributed by atoms with Gasteiger partial charge in [0.15, 0.2) is 17.3 Å². The molecule has 0 saturated carbocycles. The maximum absolute atomic E-state index is 12.8. The number of hydrogen-bond acceptors (Lipinski definition) is 3. The van der Waals surface area contributed by atoms with Crippen LogP contribution in [0.5, 0.6) is 11.5 Å². The Labute approximate surface area is 125 Å². The lowest BCUT2D eigenvalue weighted by Crippen LogP contribution is -2.29. The van der Waals surface area contributed by atoms with Crippen molar-refractivity contribution in [2.75, 3.05) is 14.2 Å². The molecule has 0 heterocycles. The fraction of sp³-hybridized carbons (Fsp3) is 0.278. The van der Waals surface area contributed by atoms with E-state index in [0.717, 1.165) is 5.56 Å². The van der Waals surface area contributed by atoms with E-state index in [1.807, 2.05) is 44.2 Å². The molecule has 0 N–H and O–H groups in total. The first-order valence-electron chi connectivity index (χ1n) is 6.83. The average molecular weight is 284 g/mol. The molecule has 0 unspecified atom stereocenters. The highest BCUT2D eigenvalue weighted by atomic mass is 16.5. The van der Waals surface area contributed by atoms with Crippen molar-refractivity contribution in [3.63, 3.8) is 0 Å². The zero-order chi connectivity index (χ0) is 15.5. The monoisotopic (exact) mass is 284 g/mol. The van der Waals surface area contributed by atoms with Gasteiger partial charge in [-0.25, -0.2) is 0 Å². The lowest BCUT2D eigenvalue weighted by molar-refractivity contribution is 0.0908. The van der Waals surface area contributed by atoms with Crippen molar-refractivity contribution in [1.29, 1.82) is 0 Å². The summed E-state index contributed by atoms with van der Waals surface area (Å²) in [5.41, 5.74) is 1.01. The topological polar surface area (TPSA) is 35.5 Å². The van der Waals surface area contributed by atoms with Crippen LogP contribution in [0.4, 0.5) is 0 Å². The molecular weight excluding hydrogens is 264 g/mol. The minimum Gasteiger partial charge on any atom is -0.493 e. The highest BCUT2D eigenvalue weighted by Crippen LogP contribution is 2.32. The molecule has 0 radical (unpaired) electrons. The van der Waals surface area contributed by atoms with E-state index < -0.39 is 5.41 Å². The van der Waals surface area contributed by atoms with Crippen LogP contribution in [0, 0.1) is 0 Å². The molecule has 21 heavy (non-hydrogen) atoms. The molecule has 0 spiro atoms. The van der Waals surface area contributed by atoms with Gasteiger partial charge in [0.05, 0.1) is 19.6 Å².